The second-order valence-corrected chi connectivity index (χ2v) is 6.85. The Labute approximate surface area is 90.0 Å². The van der Waals surface area contributed by atoms with Gasteiger partial charge in [-0.3, -0.25) is 4.57 Å². The second-order valence-electron chi connectivity index (χ2n) is 4.27. The van der Waals surface area contributed by atoms with Crippen LogP contribution in [0.15, 0.2) is 11.9 Å². The first-order chi connectivity index (χ1) is 6.33. The molecule has 0 bridgehead atoms. The summed E-state index contributed by atoms with van der Waals surface area (Å²) in [5, 5.41) is -0.164. The molecule has 1 aliphatic rings. The van der Waals surface area contributed by atoms with Crippen LogP contribution in [0.2, 0.25) is 0 Å². The van der Waals surface area contributed by atoms with Crippen LogP contribution in [0.4, 0.5) is 0 Å². The van der Waals surface area contributed by atoms with Gasteiger partial charge in [0.05, 0.1) is 13.2 Å². The molecule has 0 aromatic carbocycles. The van der Waals surface area contributed by atoms with Crippen LogP contribution in [-0.4, -0.2) is 18.6 Å². The van der Waals surface area contributed by atoms with Crippen LogP contribution in [0.25, 0.3) is 0 Å². The molecule has 3 nitrogen and oxygen atoms in total. The van der Waals surface area contributed by atoms with E-state index < -0.39 is 7.60 Å². The largest absolute Gasteiger partial charge is 0.353 e. The zero-order chi connectivity index (χ0) is 10.8. The fourth-order valence-corrected chi connectivity index (χ4v) is 2.87. The Bertz CT molecular complexity index is 259. The SMILES string of the molecule is CC(Cl)/C=C/P1(=O)OCC(C)(C)CO1. The number of allylic oxidation sites excluding steroid dienone is 1. The third-order valence-corrected chi connectivity index (χ3v) is 3.47. The molecule has 0 spiro atoms. The molecule has 1 atom stereocenters. The number of alkyl halides is 1. The molecule has 5 heteroatoms. The van der Waals surface area contributed by atoms with Crippen molar-refractivity contribution in [2.24, 2.45) is 5.41 Å². The first-order valence-electron chi connectivity index (χ1n) is 4.55. The normalized spacial score (nSPS) is 27.7. The topological polar surface area (TPSA) is 35.5 Å². The fraction of sp³-hybridized carbons (Fsp3) is 0.778. The van der Waals surface area contributed by atoms with E-state index in [4.69, 9.17) is 20.6 Å². The zero-order valence-corrected chi connectivity index (χ0v) is 10.3. The molecule has 82 valence electrons. The summed E-state index contributed by atoms with van der Waals surface area (Å²) in [6.45, 7) is 6.70. The van der Waals surface area contributed by atoms with Crippen LogP contribution in [-0.2, 0) is 13.6 Å². The standard InChI is InChI=1S/C9H16ClO3P/c1-8(10)4-5-14(11)12-6-9(2,3)7-13-14/h4-5,8H,6-7H2,1-3H3/b5-4+. The molecule has 1 unspecified atom stereocenters. The minimum atomic E-state index is -3.01. The van der Waals surface area contributed by atoms with Gasteiger partial charge < -0.3 is 9.05 Å². The third-order valence-electron chi connectivity index (χ3n) is 1.80. The van der Waals surface area contributed by atoms with E-state index in [0.717, 1.165) is 0 Å². The van der Waals surface area contributed by atoms with Crippen molar-refractivity contribution in [3.63, 3.8) is 0 Å². The van der Waals surface area contributed by atoms with Crippen LogP contribution in [0.5, 0.6) is 0 Å². The first kappa shape index (κ1) is 12.3. The van der Waals surface area contributed by atoms with Crippen molar-refractivity contribution in [2.75, 3.05) is 13.2 Å². The van der Waals surface area contributed by atoms with E-state index >= 15 is 0 Å². The lowest BCUT2D eigenvalue weighted by molar-refractivity contribution is 0.0457. The van der Waals surface area contributed by atoms with Crippen molar-refractivity contribution in [2.45, 2.75) is 26.1 Å². The Kier molecular flexibility index (Phi) is 3.81. The molecule has 0 aliphatic carbocycles. The van der Waals surface area contributed by atoms with E-state index in [0.29, 0.717) is 13.2 Å². The lowest BCUT2D eigenvalue weighted by atomic mass is 9.97. The second kappa shape index (κ2) is 4.36. The maximum absolute atomic E-state index is 11.8. The van der Waals surface area contributed by atoms with Gasteiger partial charge in [0.1, 0.15) is 0 Å². The lowest BCUT2D eigenvalue weighted by Gasteiger charge is -2.32. The molecule has 1 aliphatic heterocycles. The van der Waals surface area contributed by atoms with Crippen LogP contribution in [0.3, 0.4) is 0 Å². The summed E-state index contributed by atoms with van der Waals surface area (Å²) in [5.74, 6) is 1.44. The van der Waals surface area contributed by atoms with Gasteiger partial charge in [0.2, 0.25) is 0 Å². The highest BCUT2D eigenvalue weighted by molar-refractivity contribution is 7.57. The number of hydrogen-bond acceptors (Lipinski definition) is 3. The third kappa shape index (κ3) is 3.74. The molecule has 1 fully saturated rings. The molecular formula is C9H16ClO3P. The van der Waals surface area contributed by atoms with Gasteiger partial charge in [0.15, 0.2) is 0 Å². The minimum absolute atomic E-state index is 0.0612. The van der Waals surface area contributed by atoms with Gasteiger partial charge in [-0.25, -0.2) is 0 Å². The fourth-order valence-electron chi connectivity index (χ4n) is 0.918. The lowest BCUT2D eigenvalue weighted by Crippen LogP contribution is -2.28. The molecule has 0 aromatic rings. The van der Waals surface area contributed by atoms with E-state index in [1.807, 2.05) is 13.8 Å². The van der Waals surface area contributed by atoms with Gasteiger partial charge in [-0.15, -0.1) is 11.6 Å². The number of rotatable bonds is 2. The highest BCUT2D eigenvalue weighted by atomic mass is 35.5. The average Bonchev–Trinajstić information content (AvgIpc) is 2.08. The Hall–Kier alpha value is 0.180. The molecule has 14 heavy (non-hydrogen) atoms. The van der Waals surface area contributed by atoms with Crippen molar-refractivity contribution < 1.29 is 13.6 Å². The molecular weight excluding hydrogens is 223 g/mol. The molecule has 0 saturated carbocycles. The number of halogens is 1. The Morgan fingerprint density at radius 3 is 2.36 bits per heavy atom. The van der Waals surface area contributed by atoms with Crippen LogP contribution >= 0.6 is 19.2 Å². The first-order valence-corrected chi connectivity index (χ1v) is 6.60. The molecule has 0 N–H and O–H groups in total. The van der Waals surface area contributed by atoms with E-state index in [-0.39, 0.29) is 10.8 Å². The van der Waals surface area contributed by atoms with Gasteiger partial charge in [-0.2, -0.15) is 0 Å². The molecule has 0 amide bonds. The smallest absolute Gasteiger partial charge is 0.305 e. The van der Waals surface area contributed by atoms with Crippen molar-refractivity contribution in [1.29, 1.82) is 0 Å². The molecule has 1 saturated heterocycles. The van der Waals surface area contributed by atoms with Crippen molar-refractivity contribution in [3.05, 3.63) is 11.9 Å². The molecule has 1 heterocycles. The summed E-state index contributed by atoms with van der Waals surface area (Å²) in [4.78, 5) is 0. The highest BCUT2D eigenvalue weighted by Crippen LogP contribution is 2.54. The van der Waals surface area contributed by atoms with E-state index in [1.165, 1.54) is 5.82 Å². The average molecular weight is 239 g/mol. The highest BCUT2D eigenvalue weighted by Gasteiger charge is 2.34. The quantitative estimate of drug-likeness (QED) is 0.546. The van der Waals surface area contributed by atoms with E-state index in [9.17, 15) is 4.57 Å². The van der Waals surface area contributed by atoms with Crippen molar-refractivity contribution >= 4 is 19.2 Å². The maximum atomic E-state index is 11.8. The Balaban J connectivity index is 2.58. The predicted molar refractivity (Wildman–Crippen MR) is 57.7 cm³/mol. The van der Waals surface area contributed by atoms with Gasteiger partial charge in [-0.1, -0.05) is 19.9 Å². The summed E-state index contributed by atoms with van der Waals surface area (Å²) in [6, 6.07) is 0. The van der Waals surface area contributed by atoms with Gasteiger partial charge >= 0.3 is 7.60 Å². The predicted octanol–water partition coefficient (Wildman–Crippen LogP) is 3.39. The van der Waals surface area contributed by atoms with Crippen molar-refractivity contribution in [1.82, 2.24) is 0 Å². The summed E-state index contributed by atoms with van der Waals surface area (Å²) in [5.41, 5.74) is -0.0612. The summed E-state index contributed by atoms with van der Waals surface area (Å²) >= 11 is 5.70. The summed E-state index contributed by atoms with van der Waals surface area (Å²) in [6.07, 6.45) is 1.63. The van der Waals surface area contributed by atoms with Crippen molar-refractivity contribution in [3.8, 4) is 0 Å². The van der Waals surface area contributed by atoms with Crippen LogP contribution in [0, 0.1) is 5.41 Å². The van der Waals surface area contributed by atoms with Gasteiger partial charge in [0.25, 0.3) is 0 Å². The summed E-state index contributed by atoms with van der Waals surface area (Å²) in [7, 11) is -3.01. The summed E-state index contributed by atoms with van der Waals surface area (Å²) < 4.78 is 22.3. The van der Waals surface area contributed by atoms with E-state index in [2.05, 4.69) is 0 Å². The zero-order valence-electron chi connectivity index (χ0n) is 8.70. The van der Waals surface area contributed by atoms with Crippen LogP contribution in [0.1, 0.15) is 20.8 Å². The monoisotopic (exact) mass is 238 g/mol. The molecule has 0 radical (unpaired) electrons. The van der Waals surface area contributed by atoms with E-state index in [1.54, 1.807) is 13.0 Å². The number of hydrogen-bond donors (Lipinski definition) is 0. The Morgan fingerprint density at radius 1 is 1.43 bits per heavy atom. The Morgan fingerprint density at radius 2 is 1.93 bits per heavy atom. The van der Waals surface area contributed by atoms with Gasteiger partial charge in [0, 0.05) is 16.6 Å². The van der Waals surface area contributed by atoms with Gasteiger partial charge in [-0.05, 0) is 6.92 Å². The minimum Gasteiger partial charge on any atom is -0.305 e. The molecule has 0 aromatic heterocycles. The maximum Gasteiger partial charge on any atom is 0.353 e. The molecule has 1 rings (SSSR count). The van der Waals surface area contributed by atoms with Crippen LogP contribution < -0.4 is 0 Å².